The molecule has 0 fully saturated rings. The van der Waals surface area contributed by atoms with Crippen LogP contribution in [0.2, 0.25) is 0 Å². The minimum absolute atomic E-state index is 0.0318. The summed E-state index contributed by atoms with van der Waals surface area (Å²) >= 11 is 0. The zero-order valence-electron chi connectivity index (χ0n) is 8.92. The molecule has 0 unspecified atom stereocenters. The van der Waals surface area contributed by atoms with E-state index >= 15 is 0 Å². The van der Waals surface area contributed by atoms with Gasteiger partial charge in [0.05, 0.1) is 13.2 Å². The van der Waals surface area contributed by atoms with Crippen LogP contribution < -0.4 is 10.1 Å². The molecule has 0 saturated heterocycles. The molecule has 0 atom stereocenters. The molecule has 3 nitrogen and oxygen atoms in total. The van der Waals surface area contributed by atoms with Crippen LogP contribution in [0.5, 0.6) is 0 Å². The summed E-state index contributed by atoms with van der Waals surface area (Å²) in [7, 11) is 1.97. The number of aromatic nitrogens is 2. The van der Waals surface area contributed by atoms with E-state index in [1.807, 2.05) is 54.1 Å². The van der Waals surface area contributed by atoms with Crippen molar-refractivity contribution in [2.75, 3.05) is 0 Å². The first kappa shape index (κ1) is 9.09. The molecule has 0 aliphatic heterocycles. The number of hydrogen-bond acceptors (Lipinski definition) is 1. The molecule has 0 amide bonds. The SMILES string of the molecule is C[n+]1c2ccccc2c(=O)n2ccccc21. The van der Waals surface area contributed by atoms with Gasteiger partial charge in [-0.15, -0.1) is 0 Å². The van der Waals surface area contributed by atoms with Gasteiger partial charge in [0.25, 0.3) is 5.65 Å². The monoisotopic (exact) mass is 211 g/mol. The van der Waals surface area contributed by atoms with Crippen molar-refractivity contribution in [2.45, 2.75) is 0 Å². The number of rotatable bonds is 0. The van der Waals surface area contributed by atoms with E-state index in [0.29, 0.717) is 0 Å². The number of pyridine rings is 1. The lowest BCUT2D eigenvalue weighted by Gasteiger charge is -2.01. The number of fused-ring (bicyclic) bond motifs is 2. The Balaban J connectivity index is 2.73. The Morgan fingerprint density at radius 2 is 1.81 bits per heavy atom. The van der Waals surface area contributed by atoms with E-state index in [0.717, 1.165) is 16.6 Å². The van der Waals surface area contributed by atoms with E-state index in [4.69, 9.17) is 0 Å². The highest BCUT2D eigenvalue weighted by Gasteiger charge is 2.13. The lowest BCUT2D eigenvalue weighted by Crippen LogP contribution is -2.36. The van der Waals surface area contributed by atoms with Crippen LogP contribution in [0.15, 0.2) is 53.5 Å². The maximum Gasteiger partial charge on any atom is 0.350 e. The minimum atomic E-state index is 0.0318. The predicted molar refractivity (Wildman–Crippen MR) is 62.3 cm³/mol. The molecular formula is C13H11N2O+. The number of para-hydroxylation sites is 1. The Morgan fingerprint density at radius 1 is 1.06 bits per heavy atom. The van der Waals surface area contributed by atoms with E-state index in [1.165, 1.54) is 0 Å². The molecule has 0 aliphatic carbocycles. The van der Waals surface area contributed by atoms with E-state index < -0.39 is 0 Å². The van der Waals surface area contributed by atoms with Crippen molar-refractivity contribution < 1.29 is 4.57 Å². The van der Waals surface area contributed by atoms with Gasteiger partial charge in [0.1, 0.15) is 10.9 Å². The highest BCUT2D eigenvalue weighted by atomic mass is 16.1. The molecule has 0 radical (unpaired) electrons. The van der Waals surface area contributed by atoms with Crippen molar-refractivity contribution in [3.05, 3.63) is 59.0 Å². The van der Waals surface area contributed by atoms with Crippen LogP contribution in [-0.4, -0.2) is 4.40 Å². The second kappa shape index (κ2) is 3.17. The maximum atomic E-state index is 12.2. The third kappa shape index (κ3) is 1.08. The van der Waals surface area contributed by atoms with Crippen LogP contribution in [0.25, 0.3) is 16.6 Å². The molecule has 1 aromatic carbocycles. The molecule has 16 heavy (non-hydrogen) atoms. The van der Waals surface area contributed by atoms with Gasteiger partial charge in [0, 0.05) is 6.07 Å². The summed E-state index contributed by atoms with van der Waals surface area (Å²) in [5.41, 5.74) is 1.88. The van der Waals surface area contributed by atoms with Crippen molar-refractivity contribution in [1.29, 1.82) is 0 Å². The first-order valence-electron chi connectivity index (χ1n) is 5.17. The molecule has 3 heteroatoms. The fraction of sp³-hybridized carbons (Fsp3) is 0.0769. The summed E-state index contributed by atoms with van der Waals surface area (Å²) in [6.07, 6.45) is 1.80. The van der Waals surface area contributed by atoms with Crippen molar-refractivity contribution in [3.63, 3.8) is 0 Å². The van der Waals surface area contributed by atoms with Crippen molar-refractivity contribution in [1.82, 2.24) is 4.40 Å². The van der Waals surface area contributed by atoms with Gasteiger partial charge >= 0.3 is 5.56 Å². The number of aryl methyl sites for hydroxylation is 1. The predicted octanol–water partition coefficient (Wildman–Crippen LogP) is 1.28. The summed E-state index contributed by atoms with van der Waals surface area (Å²) < 4.78 is 3.69. The largest absolute Gasteiger partial charge is 0.350 e. The summed E-state index contributed by atoms with van der Waals surface area (Å²) in [6.45, 7) is 0. The lowest BCUT2D eigenvalue weighted by molar-refractivity contribution is -0.621. The zero-order valence-corrected chi connectivity index (χ0v) is 8.92. The average Bonchev–Trinajstić information content (AvgIpc) is 2.36. The molecule has 0 bridgehead atoms. The maximum absolute atomic E-state index is 12.2. The minimum Gasteiger partial charge on any atom is -0.240 e. The van der Waals surface area contributed by atoms with Crippen LogP contribution in [0.4, 0.5) is 0 Å². The molecule has 0 N–H and O–H groups in total. The molecular weight excluding hydrogens is 200 g/mol. The molecule has 0 aliphatic rings. The van der Waals surface area contributed by atoms with Gasteiger partial charge in [-0.25, -0.2) is 9.36 Å². The van der Waals surface area contributed by atoms with Gasteiger partial charge in [0.2, 0.25) is 0 Å². The number of hydrogen-bond donors (Lipinski definition) is 0. The Labute approximate surface area is 92.2 Å². The van der Waals surface area contributed by atoms with Gasteiger partial charge in [-0.05, 0) is 18.2 Å². The normalized spacial score (nSPS) is 11.1. The standard InChI is InChI=1S/C13H11N2O/c1-14-11-7-3-2-6-10(11)13(16)15-9-5-4-8-12(14)15/h2-9H,1H3/q+1. The first-order valence-corrected chi connectivity index (χ1v) is 5.17. The number of nitrogens with zero attached hydrogens (tertiary/aromatic N) is 2. The Hall–Kier alpha value is -2.16. The fourth-order valence-corrected chi connectivity index (χ4v) is 2.08. The van der Waals surface area contributed by atoms with Crippen LogP contribution in [0.3, 0.4) is 0 Å². The smallest absolute Gasteiger partial charge is 0.240 e. The molecule has 2 aromatic heterocycles. The molecule has 3 aromatic rings. The third-order valence-corrected chi connectivity index (χ3v) is 2.90. The summed E-state index contributed by atoms with van der Waals surface area (Å²) in [6, 6.07) is 13.4. The third-order valence-electron chi connectivity index (χ3n) is 2.90. The fourth-order valence-electron chi connectivity index (χ4n) is 2.08. The van der Waals surface area contributed by atoms with Crippen LogP contribution >= 0.6 is 0 Å². The van der Waals surface area contributed by atoms with Crippen LogP contribution in [0, 0.1) is 0 Å². The van der Waals surface area contributed by atoms with Gasteiger partial charge < -0.3 is 0 Å². The van der Waals surface area contributed by atoms with Crippen molar-refractivity contribution in [3.8, 4) is 0 Å². The Bertz CT molecular complexity index is 684. The summed E-state index contributed by atoms with van der Waals surface area (Å²) in [5.74, 6) is 0. The average molecular weight is 211 g/mol. The Kier molecular flexibility index (Phi) is 1.80. The lowest BCUT2D eigenvalue weighted by atomic mass is 10.2. The van der Waals surface area contributed by atoms with Gasteiger partial charge in [-0.3, -0.25) is 0 Å². The highest BCUT2D eigenvalue weighted by Crippen LogP contribution is 2.05. The van der Waals surface area contributed by atoms with Gasteiger partial charge in [0.15, 0.2) is 0 Å². The molecule has 0 spiro atoms. The quantitative estimate of drug-likeness (QED) is 0.406. The van der Waals surface area contributed by atoms with E-state index in [1.54, 1.807) is 10.6 Å². The van der Waals surface area contributed by atoms with E-state index in [2.05, 4.69) is 0 Å². The number of benzene rings is 1. The van der Waals surface area contributed by atoms with Crippen LogP contribution in [-0.2, 0) is 7.05 Å². The van der Waals surface area contributed by atoms with E-state index in [9.17, 15) is 4.79 Å². The topological polar surface area (TPSA) is 25.4 Å². The van der Waals surface area contributed by atoms with Gasteiger partial charge in [-0.2, -0.15) is 4.40 Å². The van der Waals surface area contributed by atoms with Crippen molar-refractivity contribution in [2.24, 2.45) is 7.05 Å². The first-order chi connectivity index (χ1) is 7.79. The van der Waals surface area contributed by atoms with Gasteiger partial charge in [-0.1, -0.05) is 18.2 Å². The summed E-state index contributed by atoms with van der Waals surface area (Å²) in [5, 5.41) is 0.744. The molecule has 0 saturated carbocycles. The highest BCUT2D eigenvalue weighted by molar-refractivity contribution is 5.75. The van der Waals surface area contributed by atoms with Crippen LogP contribution in [0.1, 0.15) is 0 Å². The van der Waals surface area contributed by atoms with E-state index in [-0.39, 0.29) is 5.56 Å². The Morgan fingerprint density at radius 3 is 2.69 bits per heavy atom. The zero-order chi connectivity index (χ0) is 11.1. The summed E-state index contributed by atoms with van der Waals surface area (Å²) in [4.78, 5) is 12.2. The van der Waals surface area contributed by atoms with Crippen molar-refractivity contribution >= 4 is 16.6 Å². The second-order valence-corrected chi connectivity index (χ2v) is 3.81. The second-order valence-electron chi connectivity index (χ2n) is 3.81. The molecule has 78 valence electrons. The molecule has 3 rings (SSSR count). The molecule has 2 heterocycles.